The number of nitrogens with zero attached hydrogens (tertiary/aromatic N) is 3. The van der Waals surface area contributed by atoms with Crippen LogP contribution in [0.2, 0.25) is 5.02 Å². The molecule has 4 aromatic rings. The highest BCUT2D eigenvalue weighted by atomic mass is 35.5. The number of rotatable bonds is 7. The fourth-order valence-corrected chi connectivity index (χ4v) is 5.03. The van der Waals surface area contributed by atoms with E-state index in [1.807, 2.05) is 12.1 Å². The largest absolute Gasteiger partial charge is 0.356 e. The van der Waals surface area contributed by atoms with E-state index in [2.05, 4.69) is 25.2 Å². The first kappa shape index (κ1) is 24.0. The Balaban J connectivity index is 1.28. The highest BCUT2D eigenvalue weighted by Gasteiger charge is 2.53. The highest BCUT2D eigenvalue weighted by Crippen LogP contribution is 2.49. The Labute approximate surface area is 213 Å². The SMILES string of the molecule is Cc1cc(NS(=O)(=O)c2ccc(NC(=O)C3(c4cc(-c5ccc(Cl)cc5)on4)CC3)cc2)nc(C)n1. The predicted octanol–water partition coefficient (Wildman–Crippen LogP) is 4.87. The van der Waals surface area contributed by atoms with Crippen LogP contribution in [0.4, 0.5) is 11.5 Å². The van der Waals surface area contributed by atoms with Crippen LogP contribution in [0, 0.1) is 13.8 Å². The van der Waals surface area contributed by atoms with Crippen molar-refractivity contribution in [3.8, 4) is 11.3 Å². The summed E-state index contributed by atoms with van der Waals surface area (Å²) < 4.78 is 33.5. The van der Waals surface area contributed by atoms with Gasteiger partial charge in [-0.1, -0.05) is 16.8 Å². The number of amides is 1. The number of nitrogens with one attached hydrogen (secondary N) is 2. The molecule has 11 heteroatoms. The lowest BCUT2D eigenvalue weighted by atomic mass is 10.00. The van der Waals surface area contributed by atoms with Gasteiger partial charge in [0.2, 0.25) is 5.91 Å². The average molecular weight is 524 g/mol. The number of aromatic nitrogens is 3. The molecule has 184 valence electrons. The summed E-state index contributed by atoms with van der Waals surface area (Å²) in [6.45, 7) is 3.45. The molecule has 0 radical (unpaired) electrons. The number of halogens is 1. The summed E-state index contributed by atoms with van der Waals surface area (Å²) >= 11 is 5.95. The van der Waals surface area contributed by atoms with Gasteiger partial charge in [-0.25, -0.2) is 18.4 Å². The third-order valence-electron chi connectivity index (χ3n) is 5.94. The molecule has 1 amide bonds. The summed E-state index contributed by atoms with van der Waals surface area (Å²) in [6, 6.07) is 16.4. The second kappa shape index (κ2) is 9.03. The molecule has 2 aromatic heterocycles. The minimum atomic E-state index is -3.86. The summed E-state index contributed by atoms with van der Waals surface area (Å²) in [6.07, 6.45) is 1.28. The summed E-state index contributed by atoms with van der Waals surface area (Å²) in [4.78, 5) is 21.4. The maximum atomic E-state index is 13.1. The number of carbonyl (C=O) groups excluding carboxylic acids is 1. The molecular weight excluding hydrogens is 502 g/mol. The van der Waals surface area contributed by atoms with Gasteiger partial charge in [0.15, 0.2) is 5.76 Å². The molecule has 2 heterocycles. The van der Waals surface area contributed by atoms with Crippen molar-refractivity contribution in [2.75, 3.05) is 10.0 Å². The molecule has 0 spiro atoms. The Morgan fingerprint density at radius 1 is 1.00 bits per heavy atom. The fourth-order valence-electron chi connectivity index (χ4n) is 3.91. The van der Waals surface area contributed by atoms with Gasteiger partial charge in [-0.05, 0) is 75.2 Å². The van der Waals surface area contributed by atoms with Crippen LogP contribution < -0.4 is 10.0 Å². The fraction of sp³-hybridized carbons (Fsp3) is 0.200. The summed E-state index contributed by atoms with van der Waals surface area (Å²) in [7, 11) is -3.86. The van der Waals surface area contributed by atoms with Crippen LogP contribution in [-0.2, 0) is 20.2 Å². The molecule has 1 saturated carbocycles. The van der Waals surface area contributed by atoms with Gasteiger partial charge in [0.05, 0.1) is 16.0 Å². The van der Waals surface area contributed by atoms with Crippen LogP contribution in [0.3, 0.4) is 0 Å². The van der Waals surface area contributed by atoms with E-state index < -0.39 is 15.4 Å². The molecule has 1 aliphatic rings. The monoisotopic (exact) mass is 523 g/mol. The van der Waals surface area contributed by atoms with Crippen LogP contribution >= 0.6 is 11.6 Å². The van der Waals surface area contributed by atoms with Gasteiger partial charge in [-0.2, -0.15) is 0 Å². The third kappa shape index (κ3) is 4.82. The van der Waals surface area contributed by atoms with Gasteiger partial charge < -0.3 is 9.84 Å². The molecular formula is C25H22ClN5O4S. The number of benzene rings is 2. The molecule has 1 fully saturated rings. The molecule has 9 nitrogen and oxygen atoms in total. The van der Waals surface area contributed by atoms with Crippen molar-refractivity contribution < 1.29 is 17.7 Å². The zero-order chi connectivity index (χ0) is 25.5. The molecule has 0 saturated heterocycles. The Hall–Kier alpha value is -3.76. The van der Waals surface area contributed by atoms with Crippen LogP contribution in [0.15, 0.2) is 70.1 Å². The predicted molar refractivity (Wildman–Crippen MR) is 135 cm³/mol. The van der Waals surface area contributed by atoms with Crippen molar-refractivity contribution in [1.29, 1.82) is 0 Å². The van der Waals surface area contributed by atoms with Crippen molar-refractivity contribution in [2.45, 2.75) is 37.0 Å². The topological polar surface area (TPSA) is 127 Å². The molecule has 0 atom stereocenters. The molecule has 36 heavy (non-hydrogen) atoms. The zero-order valence-electron chi connectivity index (χ0n) is 19.4. The van der Waals surface area contributed by atoms with E-state index in [0.717, 1.165) is 5.56 Å². The number of sulfonamides is 1. The minimum absolute atomic E-state index is 0.0414. The van der Waals surface area contributed by atoms with Gasteiger partial charge in [0, 0.05) is 34.1 Å². The molecule has 0 unspecified atom stereocenters. The number of aryl methyl sites for hydroxylation is 2. The third-order valence-corrected chi connectivity index (χ3v) is 7.56. The highest BCUT2D eigenvalue weighted by molar-refractivity contribution is 7.92. The van der Waals surface area contributed by atoms with E-state index in [0.29, 0.717) is 46.5 Å². The molecule has 0 bridgehead atoms. The standard InChI is InChI=1S/C25H22ClN5O4S/c1-15-13-23(28-16(2)27-15)31-36(33,34)20-9-7-19(8-10-20)29-24(32)25(11-12-25)22-14-21(35-30-22)17-3-5-18(26)6-4-17/h3-10,13-14H,11-12H2,1-2H3,(H,29,32)(H,27,28,31). The number of hydrogen-bond acceptors (Lipinski definition) is 7. The number of carbonyl (C=O) groups is 1. The van der Waals surface area contributed by atoms with Crippen LogP contribution in [0.1, 0.15) is 30.1 Å². The molecule has 1 aliphatic carbocycles. The van der Waals surface area contributed by atoms with Crippen LogP contribution in [0.25, 0.3) is 11.3 Å². The van der Waals surface area contributed by atoms with Crippen molar-refractivity contribution in [2.24, 2.45) is 0 Å². The van der Waals surface area contributed by atoms with E-state index in [1.165, 1.54) is 12.1 Å². The van der Waals surface area contributed by atoms with E-state index in [-0.39, 0.29) is 16.6 Å². The maximum Gasteiger partial charge on any atom is 0.263 e. The lowest BCUT2D eigenvalue weighted by molar-refractivity contribution is -0.118. The maximum absolute atomic E-state index is 13.1. The van der Waals surface area contributed by atoms with E-state index in [9.17, 15) is 13.2 Å². The smallest absolute Gasteiger partial charge is 0.263 e. The summed E-state index contributed by atoms with van der Waals surface area (Å²) in [5, 5.41) is 7.63. The van der Waals surface area contributed by atoms with Crippen LogP contribution in [-0.4, -0.2) is 29.4 Å². The lowest BCUT2D eigenvalue weighted by Crippen LogP contribution is -2.28. The second-order valence-electron chi connectivity index (χ2n) is 8.69. The van der Waals surface area contributed by atoms with Crippen molar-refractivity contribution in [1.82, 2.24) is 15.1 Å². The zero-order valence-corrected chi connectivity index (χ0v) is 21.0. The van der Waals surface area contributed by atoms with E-state index in [4.69, 9.17) is 16.1 Å². The first-order chi connectivity index (χ1) is 17.1. The lowest BCUT2D eigenvalue weighted by Gasteiger charge is -2.13. The van der Waals surface area contributed by atoms with Gasteiger partial charge in [-0.3, -0.25) is 9.52 Å². The first-order valence-corrected chi connectivity index (χ1v) is 13.0. The normalized spacial score (nSPS) is 14.3. The minimum Gasteiger partial charge on any atom is -0.356 e. The summed E-state index contributed by atoms with van der Waals surface area (Å²) in [5.41, 5.74) is 1.72. The van der Waals surface area contributed by atoms with Crippen LogP contribution in [0.5, 0.6) is 0 Å². The number of hydrogen-bond donors (Lipinski definition) is 2. The molecule has 0 aliphatic heterocycles. The Morgan fingerprint density at radius 2 is 1.69 bits per heavy atom. The van der Waals surface area contributed by atoms with Gasteiger partial charge in [-0.15, -0.1) is 0 Å². The average Bonchev–Trinajstić information content (AvgIpc) is 3.49. The quantitative estimate of drug-likeness (QED) is 0.353. The Morgan fingerprint density at radius 3 is 2.33 bits per heavy atom. The Kier molecular flexibility index (Phi) is 6.01. The number of anilines is 2. The van der Waals surface area contributed by atoms with Gasteiger partial charge in [0.25, 0.3) is 10.0 Å². The first-order valence-electron chi connectivity index (χ1n) is 11.1. The van der Waals surface area contributed by atoms with Gasteiger partial charge in [0.1, 0.15) is 11.6 Å². The Bertz CT molecular complexity index is 1530. The second-order valence-corrected chi connectivity index (χ2v) is 10.8. The van der Waals surface area contributed by atoms with Gasteiger partial charge >= 0.3 is 0 Å². The van der Waals surface area contributed by atoms with Crippen molar-refractivity contribution >= 4 is 39.0 Å². The molecule has 5 rings (SSSR count). The summed E-state index contributed by atoms with van der Waals surface area (Å²) in [5.74, 6) is 0.988. The van der Waals surface area contributed by atoms with E-state index in [1.54, 1.807) is 50.2 Å². The van der Waals surface area contributed by atoms with Crippen molar-refractivity contribution in [3.63, 3.8) is 0 Å². The van der Waals surface area contributed by atoms with Crippen molar-refractivity contribution in [3.05, 3.63) is 82.9 Å². The molecule has 2 aromatic carbocycles. The molecule has 2 N–H and O–H groups in total. The van der Waals surface area contributed by atoms with E-state index >= 15 is 0 Å².